The summed E-state index contributed by atoms with van der Waals surface area (Å²) in [6.07, 6.45) is 1.31. The Morgan fingerprint density at radius 3 is 2.65 bits per heavy atom. The fourth-order valence-corrected chi connectivity index (χ4v) is 3.15. The summed E-state index contributed by atoms with van der Waals surface area (Å²) < 4.78 is 11.3. The standard InChI is InChI=1S/C24H18ClN3O6/c1-33-22-8-4-6-15(23(22)34-14-16-5-2-3-7-19(16)25)11-17(13-26)24(30)27-20-10-9-18(28(31)32)12-21(20)29/h2-12,29H,14H2,1H3,(H,27,30)/b17-11+. The lowest BCUT2D eigenvalue weighted by Crippen LogP contribution is -2.13. The Balaban J connectivity index is 1.89. The van der Waals surface area contributed by atoms with Crippen LogP contribution in [0.2, 0.25) is 5.02 Å². The van der Waals surface area contributed by atoms with Gasteiger partial charge in [-0.3, -0.25) is 14.9 Å². The number of nitriles is 1. The first kappa shape index (κ1) is 24.1. The number of methoxy groups -OCH3 is 1. The summed E-state index contributed by atoms with van der Waals surface area (Å²) in [6, 6.07) is 17.1. The third-order valence-electron chi connectivity index (χ3n) is 4.66. The number of nitrogens with one attached hydrogen (secondary N) is 1. The number of nitrogens with zero attached hydrogens (tertiary/aromatic N) is 2. The quantitative estimate of drug-likeness (QED) is 0.151. The van der Waals surface area contributed by atoms with Gasteiger partial charge in [-0.25, -0.2) is 0 Å². The highest BCUT2D eigenvalue weighted by molar-refractivity contribution is 6.31. The molecule has 3 rings (SSSR count). The summed E-state index contributed by atoms with van der Waals surface area (Å²) in [6.45, 7) is 0.117. The Morgan fingerprint density at radius 1 is 1.24 bits per heavy atom. The van der Waals surface area contributed by atoms with Gasteiger partial charge >= 0.3 is 0 Å². The van der Waals surface area contributed by atoms with Gasteiger partial charge in [0.1, 0.15) is 24.0 Å². The maximum atomic E-state index is 12.7. The van der Waals surface area contributed by atoms with Crippen LogP contribution >= 0.6 is 11.6 Å². The number of phenols is 1. The maximum Gasteiger partial charge on any atom is 0.273 e. The van der Waals surface area contributed by atoms with Gasteiger partial charge in [-0.15, -0.1) is 0 Å². The van der Waals surface area contributed by atoms with Crippen molar-refractivity contribution in [2.45, 2.75) is 6.61 Å². The molecule has 0 bridgehead atoms. The Kier molecular flexibility index (Phi) is 7.69. The van der Waals surface area contributed by atoms with Crippen LogP contribution in [0.3, 0.4) is 0 Å². The number of anilines is 1. The van der Waals surface area contributed by atoms with Crippen LogP contribution in [0.25, 0.3) is 6.08 Å². The van der Waals surface area contributed by atoms with E-state index in [1.54, 1.807) is 36.4 Å². The van der Waals surface area contributed by atoms with E-state index in [1.807, 2.05) is 12.1 Å². The molecule has 0 aliphatic carbocycles. The second-order valence-corrected chi connectivity index (χ2v) is 7.25. The smallest absolute Gasteiger partial charge is 0.273 e. The number of hydrogen-bond donors (Lipinski definition) is 2. The van der Waals surface area contributed by atoms with Crippen molar-refractivity contribution in [1.82, 2.24) is 0 Å². The Morgan fingerprint density at radius 2 is 2.00 bits per heavy atom. The van der Waals surface area contributed by atoms with E-state index in [9.17, 15) is 25.3 Å². The van der Waals surface area contributed by atoms with Crippen molar-refractivity contribution in [3.8, 4) is 23.3 Å². The SMILES string of the molecule is COc1cccc(/C=C(\C#N)C(=O)Nc2ccc([N+](=O)[O-])cc2O)c1OCc1ccccc1Cl. The lowest BCUT2D eigenvalue weighted by Gasteiger charge is -2.14. The van der Waals surface area contributed by atoms with Crippen molar-refractivity contribution >= 4 is 35.0 Å². The number of carbonyl (C=O) groups is 1. The van der Waals surface area contributed by atoms with Crippen LogP contribution in [0.5, 0.6) is 17.2 Å². The highest BCUT2D eigenvalue weighted by Gasteiger charge is 2.17. The van der Waals surface area contributed by atoms with Crippen LogP contribution in [0.15, 0.2) is 66.2 Å². The molecule has 172 valence electrons. The number of rotatable bonds is 8. The summed E-state index contributed by atoms with van der Waals surface area (Å²) >= 11 is 6.19. The molecule has 0 heterocycles. The second-order valence-electron chi connectivity index (χ2n) is 6.84. The van der Waals surface area contributed by atoms with Gasteiger partial charge in [0, 0.05) is 22.2 Å². The number of aromatic hydroxyl groups is 1. The van der Waals surface area contributed by atoms with Crippen LogP contribution < -0.4 is 14.8 Å². The number of carbonyl (C=O) groups excluding carboxylic acids is 1. The van der Waals surface area contributed by atoms with Gasteiger partial charge in [0.25, 0.3) is 11.6 Å². The van der Waals surface area contributed by atoms with E-state index < -0.39 is 16.6 Å². The van der Waals surface area contributed by atoms with Crippen molar-refractivity contribution in [1.29, 1.82) is 5.26 Å². The summed E-state index contributed by atoms with van der Waals surface area (Å²) in [5.41, 5.74) is 0.400. The highest BCUT2D eigenvalue weighted by Crippen LogP contribution is 2.34. The maximum absolute atomic E-state index is 12.7. The van der Waals surface area contributed by atoms with Crippen molar-refractivity contribution in [3.63, 3.8) is 0 Å². The minimum absolute atomic E-state index is 0.0856. The fourth-order valence-electron chi connectivity index (χ4n) is 2.96. The van der Waals surface area contributed by atoms with Crippen molar-refractivity contribution in [3.05, 3.63) is 92.5 Å². The summed E-state index contributed by atoms with van der Waals surface area (Å²) in [5.74, 6) is -0.660. The zero-order valence-corrected chi connectivity index (χ0v) is 18.6. The second kappa shape index (κ2) is 10.8. The van der Waals surface area contributed by atoms with Gasteiger partial charge in [0.05, 0.1) is 23.8 Å². The topological polar surface area (TPSA) is 135 Å². The first-order valence-electron chi connectivity index (χ1n) is 9.77. The van der Waals surface area contributed by atoms with E-state index in [-0.39, 0.29) is 23.6 Å². The van der Waals surface area contributed by atoms with E-state index in [0.717, 1.165) is 17.7 Å². The number of hydrogen-bond acceptors (Lipinski definition) is 7. The number of benzene rings is 3. The van der Waals surface area contributed by atoms with E-state index in [0.29, 0.717) is 22.1 Å². The van der Waals surface area contributed by atoms with Crippen LogP contribution in [-0.2, 0) is 11.4 Å². The summed E-state index contributed by atoms with van der Waals surface area (Å²) in [7, 11) is 1.46. The van der Waals surface area contributed by atoms with E-state index >= 15 is 0 Å². The minimum atomic E-state index is -0.827. The summed E-state index contributed by atoms with van der Waals surface area (Å²) in [5, 5.41) is 33.2. The number of amides is 1. The Hall–Kier alpha value is -4.55. The number of nitro groups is 1. The number of phenolic OH excluding ortho intramolecular Hbond substituents is 1. The molecule has 34 heavy (non-hydrogen) atoms. The molecule has 0 aliphatic rings. The highest BCUT2D eigenvalue weighted by atomic mass is 35.5. The van der Waals surface area contributed by atoms with Crippen molar-refractivity contribution in [2.75, 3.05) is 12.4 Å². The van der Waals surface area contributed by atoms with Crippen molar-refractivity contribution in [2.24, 2.45) is 0 Å². The summed E-state index contributed by atoms with van der Waals surface area (Å²) in [4.78, 5) is 22.8. The molecule has 0 saturated heterocycles. The third kappa shape index (κ3) is 5.62. The molecular weight excluding hydrogens is 462 g/mol. The molecule has 0 spiro atoms. The zero-order chi connectivity index (χ0) is 24.7. The van der Waals surface area contributed by atoms with Gasteiger partial charge in [-0.05, 0) is 24.3 Å². The minimum Gasteiger partial charge on any atom is -0.506 e. The fraction of sp³-hybridized carbons (Fsp3) is 0.0833. The van der Waals surface area contributed by atoms with E-state index in [4.69, 9.17) is 21.1 Å². The van der Waals surface area contributed by atoms with Crippen LogP contribution in [0, 0.1) is 21.4 Å². The van der Waals surface area contributed by atoms with E-state index in [1.165, 1.54) is 19.3 Å². The number of ether oxygens (including phenoxy) is 2. The molecule has 9 nitrogen and oxygen atoms in total. The lowest BCUT2D eigenvalue weighted by molar-refractivity contribution is -0.384. The average molecular weight is 480 g/mol. The van der Waals surface area contributed by atoms with Gasteiger partial charge < -0.3 is 19.9 Å². The predicted octanol–water partition coefficient (Wildman–Crippen LogP) is 5.09. The lowest BCUT2D eigenvalue weighted by atomic mass is 10.1. The Labute approximate surface area is 199 Å². The number of halogens is 1. The largest absolute Gasteiger partial charge is 0.506 e. The van der Waals surface area contributed by atoms with Crippen LogP contribution in [0.4, 0.5) is 11.4 Å². The monoisotopic (exact) mass is 479 g/mol. The average Bonchev–Trinajstić information content (AvgIpc) is 2.83. The van der Waals surface area contributed by atoms with Gasteiger partial charge in [-0.1, -0.05) is 41.9 Å². The first-order valence-corrected chi connectivity index (χ1v) is 10.2. The molecule has 0 aliphatic heterocycles. The first-order chi connectivity index (χ1) is 16.3. The molecule has 0 fully saturated rings. The molecule has 0 radical (unpaired) electrons. The molecule has 3 aromatic rings. The molecule has 0 atom stereocenters. The van der Waals surface area contributed by atoms with Gasteiger partial charge in [-0.2, -0.15) is 5.26 Å². The predicted molar refractivity (Wildman–Crippen MR) is 126 cm³/mol. The molecule has 0 saturated carbocycles. The molecule has 10 heteroatoms. The van der Waals surface area contributed by atoms with Gasteiger partial charge in [0.15, 0.2) is 11.5 Å². The number of para-hydroxylation sites is 1. The Bertz CT molecular complexity index is 1320. The van der Waals surface area contributed by atoms with E-state index in [2.05, 4.69) is 5.32 Å². The third-order valence-corrected chi connectivity index (χ3v) is 5.03. The van der Waals surface area contributed by atoms with Gasteiger partial charge in [0.2, 0.25) is 0 Å². The normalized spacial score (nSPS) is 10.8. The molecule has 1 amide bonds. The number of nitro benzene ring substituents is 1. The zero-order valence-electron chi connectivity index (χ0n) is 17.8. The molecular formula is C24H18ClN3O6. The molecule has 0 aromatic heterocycles. The molecule has 2 N–H and O–H groups in total. The molecule has 0 unspecified atom stereocenters. The molecule has 3 aromatic carbocycles. The van der Waals surface area contributed by atoms with Crippen LogP contribution in [-0.4, -0.2) is 23.0 Å². The van der Waals surface area contributed by atoms with Crippen molar-refractivity contribution < 1.29 is 24.3 Å². The van der Waals surface area contributed by atoms with Crippen LogP contribution in [0.1, 0.15) is 11.1 Å². The number of non-ortho nitro benzene ring substituents is 1.